The van der Waals surface area contributed by atoms with Crippen LogP contribution in [0.1, 0.15) is 18.4 Å². The summed E-state index contributed by atoms with van der Waals surface area (Å²) >= 11 is 6.10. The molecule has 0 atom stereocenters. The van der Waals surface area contributed by atoms with E-state index in [4.69, 9.17) is 11.6 Å². The molecule has 0 bridgehead atoms. The van der Waals surface area contributed by atoms with Crippen LogP contribution in [0.4, 0.5) is 11.4 Å². The van der Waals surface area contributed by atoms with Gasteiger partial charge in [0.15, 0.2) is 0 Å². The molecule has 0 radical (unpaired) electrons. The van der Waals surface area contributed by atoms with Crippen LogP contribution in [0.3, 0.4) is 0 Å². The fraction of sp³-hybridized carbons (Fsp3) is 0.312. The minimum Gasteiger partial charge on any atom is -0.384 e. The molecule has 0 aliphatic carbocycles. The molecular weight excluding hydrogens is 318 g/mol. The summed E-state index contributed by atoms with van der Waals surface area (Å²) in [6.45, 7) is 3.12. The van der Waals surface area contributed by atoms with Crippen molar-refractivity contribution in [2.75, 3.05) is 11.9 Å². The zero-order valence-corrected chi connectivity index (χ0v) is 13.5. The Morgan fingerprint density at radius 3 is 2.74 bits per heavy atom. The number of rotatable bonds is 7. The number of non-ortho nitro benzene ring substituents is 1. The van der Waals surface area contributed by atoms with E-state index in [2.05, 4.69) is 5.32 Å². The fourth-order valence-electron chi connectivity index (χ4n) is 2.32. The molecule has 1 N–H and O–H groups in total. The number of aryl methyl sites for hydroxylation is 2. The number of nitrogens with one attached hydrogen (secondary N) is 1. The van der Waals surface area contributed by atoms with Gasteiger partial charge in [-0.2, -0.15) is 0 Å². The Morgan fingerprint density at radius 1 is 1.30 bits per heavy atom. The average Bonchev–Trinajstić information content (AvgIpc) is 2.50. The lowest BCUT2D eigenvalue weighted by Gasteiger charge is -2.11. The van der Waals surface area contributed by atoms with Crippen molar-refractivity contribution in [1.29, 1.82) is 0 Å². The van der Waals surface area contributed by atoms with Crippen molar-refractivity contribution >= 4 is 23.0 Å². The van der Waals surface area contributed by atoms with Crippen LogP contribution in [-0.2, 0) is 6.54 Å². The molecule has 0 saturated heterocycles. The highest BCUT2D eigenvalue weighted by molar-refractivity contribution is 6.33. The smallest absolute Gasteiger partial charge is 0.271 e. The SMILES string of the molecule is Cc1cc([N+](=O)[O-])cc(Cl)c1NCCCCn1ccccc1=O. The van der Waals surface area contributed by atoms with Crippen LogP contribution >= 0.6 is 11.6 Å². The van der Waals surface area contributed by atoms with Gasteiger partial charge in [0.05, 0.1) is 15.6 Å². The first-order valence-electron chi connectivity index (χ1n) is 7.33. The lowest BCUT2D eigenvalue weighted by molar-refractivity contribution is -0.384. The summed E-state index contributed by atoms with van der Waals surface area (Å²) in [7, 11) is 0. The summed E-state index contributed by atoms with van der Waals surface area (Å²) in [5, 5.41) is 14.3. The summed E-state index contributed by atoms with van der Waals surface area (Å²) in [6.07, 6.45) is 3.47. The maximum atomic E-state index is 11.6. The monoisotopic (exact) mass is 335 g/mol. The Kier molecular flexibility index (Phi) is 5.76. The molecule has 0 aliphatic heterocycles. The van der Waals surface area contributed by atoms with Crippen molar-refractivity contribution in [2.45, 2.75) is 26.3 Å². The van der Waals surface area contributed by atoms with Crippen molar-refractivity contribution in [3.05, 3.63) is 67.6 Å². The highest BCUT2D eigenvalue weighted by Crippen LogP contribution is 2.30. The quantitative estimate of drug-likeness (QED) is 0.476. The van der Waals surface area contributed by atoms with Gasteiger partial charge in [0.25, 0.3) is 5.69 Å². The predicted molar refractivity (Wildman–Crippen MR) is 91.3 cm³/mol. The largest absolute Gasteiger partial charge is 0.384 e. The Bertz CT molecular complexity index is 735. The summed E-state index contributed by atoms with van der Waals surface area (Å²) in [4.78, 5) is 21.9. The Labute approximate surface area is 138 Å². The zero-order valence-electron chi connectivity index (χ0n) is 12.8. The lowest BCUT2D eigenvalue weighted by atomic mass is 10.1. The van der Waals surface area contributed by atoms with Crippen LogP contribution in [0.2, 0.25) is 5.02 Å². The highest BCUT2D eigenvalue weighted by atomic mass is 35.5. The van der Waals surface area contributed by atoms with Crippen LogP contribution in [0.25, 0.3) is 0 Å². The van der Waals surface area contributed by atoms with Gasteiger partial charge in [-0.1, -0.05) is 17.7 Å². The van der Waals surface area contributed by atoms with Crippen LogP contribution in [0.15, 0.2) is 41.3 Å². The van der Waals surface area contributed by atoms with Gasteiger partial charge in [0, 0.05) is 37.5 Å². The maximum Gasteiger partial charge on any atom is 0.271 e. The van der Waals surface area contributed by atoms with Gasteiger partial charge in [-0.25, -0.2) is 0 Å². The molecule has 122 valence electrons. The van der Waals surface area contributed by atoms with Gasteiger partial charge in [0.1, 0.15) is 0 Å². The zero-order chi connectivity index (χ0) is 16.8. The third-order valence-electron chi connectivity index (χ3n) is 3.51. The van der Waals surface area contributed by atoms with Crippen molar-refractivity contribution in [3.8, 4) is 0 Å². The number of nitro benzene ring substituents is 1. The number of halogens is 1. The van der Waals surface area contributed by atoms with Crippen molar-refractivity contribution in [3.63, 3.8) is 0 Å². The second-order valence-corrected chi connectivity index (χ2v) is 5.65. The van der Waals surface area contributed by atoms with Gasteiger partial charge >= 0.3 is 0 Å². The molecule has 7 heteroatoms. The number of hydrogen-bond acceptors (Lipinski definition) is 4. The van der Waals surface area contributed by atoms with Gasteiger partial charge in [-0.05, 0) is 31.4 Å². The average molecular weight is 336 g/mol. The molecular formula is C16H18ClN3O3. The molecule has 0 saturated carbocycles. The summed E-state index contributed by atoms with van der Waals surface area (Å²) in [5.41, 5.74) is 1.44. The van der Waals surface area contributed by atoms with E-state index in [1.165, 1.54) is 18.2 Å². The summed E-state index contributed by atoms with van der Waals surface area (Å²) in [6, 6.07) is 7.94. The summed E-state index contributed by atoms with van der Waals surface area (Å²) < 4.78 is 1.67. The van der Waals surface area contributed by atoms with Gasteiger partial charge in [-0.3, -0.25) is 14.9 Å². The fourth-order valence-corrected chi connectivity index (χ4v) is 2.65. The number of pyridine rings is 1. The van der Waals surface area contributed by atoms with E-state index in [0.29, 0.717) is 23.8 Å². The van der Waals surface area contributed by atoms with Crippen molar-refractivity contribution in [2.24, 2.45) is 0 Å². The molecule has 0 amide bonds. The third-order valence-corrected chi connectivity index (χ3v) is 3.81. The molecule has 23 heavy (non-hydrogen) atoms. The first kappa shape index (κ1) is 17.0. The van der Waals surface area contributed by atoms with Crippen LogP contribution in [-0.4, -0.2) is 16.0 Å². The highest BCUT2D eigenvalue weighted by Gasteiger charge is 2.12. The number of nitro groups is 1. The van der Waals surface area contributed by atoms with Gasteiger partial charge < -0.3 is 9.88 Å². The van der Waals surface area contributed by atoms with Crippen LogP contribution < -0.4 is 10.9 Å². The normalized spacial score (nSPS) is 10.5. The van der Waals surface area contributed by atoms with Crippen molar-refractivity contribution in [1.82, 2.24) is 4.57 Å². The minimum absolute atomic E-state index is 0.00489. The van der Waals surface area contributed by atoms with E-state index in [1.54, 1.807) is 23.8 Å². The Hall–Kier alpha value is -2.34. The van der Waals surface area contributed by atoms with E-state index >= 15 is 0 Å². The number of nitrogens with zero attached hydrogens (tertiary/aromatic N) is 2. The second kappa shape index (κ2) is 7.78. The van der Waals surface area contributed by atoms with E-state index < -0.39 is 4.92 Å². The van der Waals surface area contributed by atoms with E-state index in [1.807, 2.05) is 6.07 Å². The Morgan fingerprint density at radius 2 is 2.09 bits per heavy atom. The maximum absolute atomic E-state index is 11.6. The molecule has 0 fully saturated rings. The number of benzene rings is 1. The number of aromatic nitrogens is 1. The molecule has 1 aromatic carbocycles. The summed E-state index contributed by atoms with van der Waals surface area (Å²) in [5.74, 6) is 0. The predicted octanol–water partition coefficient (Wildman–Crippen LogP) is 3.61. The van der Waals surface area contributed by atoms with Gasteiger partial charge in [0.2, 0.25) is 5.56 Å². The number of anilines is 1. The minimum atomic E-state index is -0.458. The third kappa shape index (κ3) is 4.56. The molecule has 1 aromatic heterocycles. The molecule has 0 spiro atoms. The second-order valence-electron chi connectivity index (χ2n) is 5.24. The van der Waals surface area contributed by atoms with Crippen LogP contribution in [0.5, 0.6) is 0 Å². The first-order valence-corrected chi connectivity index (χ1v) is 7.70. The Balaban J connectivity index is 1.86. The van der Waals surface area contributed by atoms with E-state index in [-0.39, 0.29) is 11.2 Å². The number of unbranched alkanes of at least 4 members (excludes halogenated alkanes) is 1. The van der Waals surface area contributed by atoms with Crippen LogP contribution in [0, 0.1) is 17.0 Å². The standard InChI is InChI=1S/C16H18ClN3O3/c1-12-10-13(20(22)23)11-14(17)16(12)18-7-3-5-9-19-8-4-2-6-15(19)21/h2,4,6,8,10-11,18H,3,5,7,9H2,1H3. The topological polar surface area (TPSA) is 77.2 Å². The molecule has 2 aromatic rings. The van der Waals surface area contributed by atoms with E-state index in [9.17, 15) is 14.9 Å². The van der Waals surface area contributed by atoms with E-state index in [0.717, 1.165) is 18.4 Å². The first-order chi connectivity index (χ1) is 11.0. The van der Waals surface area contributed by atoms with Gasteiger partial charge in [-0.15, -0.1) is 0 Å². The van der Waals surface area contributed by atoms with Crippen molar-refractivity contribution < 1.29 is 4.92 Å². The molecule has 0 unspecified atom stereocenters. The molecule has 2 rings (SSSR count). The number of hydrogen-bond donors (Lipinski definition) is 1. The molecule has 0 aliphatic rings. The molecule has 1 heterocycles. The lowest BCUT2D eigenvalue weighted by Crippen LogP contribution is -2.18. The molecule has 6 nitrogen and oxygen atoms in total.